The molecule has 2 rings (SSSR count). The van der Waals surface area contributed by atoms with E-state index in [9.17, 15) is 28.8 Å². The van der Waals surface area contributed by atoms with Crippen LogP contribution >= 0.6 is 12.2 Å². The van der Waals surface area contributed by atoms with Crippen LogP contribution in [0.25, 0.3) is 0 Å². The Kier molecular flexibility index (Phi) is 16.4. The van der Waals surface area contributed by atoms with Gasteiger partial charge in [-0.15, -0.1) is 0 Å². The number of hydrogen-bond acceptors (Lipinski definition) is 17. The summed E-state index contributed by atoms with van der Waals surface area (Å²) in [6.07, 6.45) is -10.9. The average Bonchev–Trinajstić information content (AvgIpc) is 2.96. The van der Waals surface area contributed by atoms with Crippen molar-refractivity contribution in [3.8, 4) is 0 Å². The number of hydrogen-bond donors (Lipinski definition) is 2. The molecule has 0 aromatic heterocycles. The van der Waals surface area contributed by atoms with Crippen molar-refractivity contribution in [2.75, 3.05) is 27.3 Å². The van der Waals surface area contributed by atoms with Gasteiger partial charge in [0.15, 0.2) is 54.3 Å². The summed E-state index contributed by atoms with van der Waals surface area (Å²) in [5.41, 5.74) is 0. The second-order valence-corrected chi connectivity index (χ2v) is 11.2. The monoisotopic (exact) mass is 708 g/mol. The predicted octanol–water partition coefficient (Wildman–Crippen LogP) is -0.436. The van der Waals surface area contributed by atoms with E-state index in [-0.39, 0.29) is 31.0 Å². The quantitative estimate of drug-likeness (QED) is 0.133. The lowest BCUT2D eigenvalue weighted by molar-refractivity contribution is -0.298. The van der Waals surface area contributed by atoms with Crippen LogP contribution in [0.15, 0.2) is 0 Å². The Morgan fingerprint density at radius 2 is 0.771 bits per heavy atom. The highest BCUT2D eigenvalue weighted by molar-refractivity contribution is 7.80. The molecule has 48 heavy (non-hydrogen) atoms. The molecule has 2 heterocycles. The second-order valence-electron chi connectivity index (χ2n) is 10.8. The Morgan fingerprint density at radius 3 is 1.04 bits per heavy atom. The summed E-state index contributed by atoms with van der Waals surface area (Å²) < 4.78 is 54.9. The van der Waals surface area contributed by atoms with Crippen molar-refractivity contribution in [2.24, 2.45) is 0 Å². The van der Waals surface area contributed by atoms with Crippen molar-refractivity contribution in [1.82, 2.24) is 10.6 Å². The Hall–Kier alpha value is -3.65. The van der Waals surface area contributed by atoms with Crippen molar-refractivity contribution in [3.63, 3.8) is 0 Å². The van der Waals surface area contributed by atoms with Crippen LogP contribution in [-0.4, -0.2) is 130 Å². The molecule has 10 atom stereocenters. The summed E-state index contributed by atoms with van der Waals surface area (Å²) in [7, 11) is 2.63. The highest BCUT2D eigenvalue weighted by atomic mass is 32.1. The summed E-state index contributed by atoms with van der Waals surface area (Å²) in [4.78, 5) is 71.3. The molecule has 2 aliphatic heterocycles. The minimum Gasteiger partial charge on any atom is -0.456 e. The molecule has 2 fully saturated rings. The fraction of sp³-hybridized carbons (Fsp3) is 0.759. The number of carbonyl (C=O) groups excluding carboxylic acids is 6. The summed E-state index contributed by atoms with van der Waals surface area (Å²) in [5.74, 6) is -4.16. The molecular weight excluding hydrogens is 664 g/mol. The van der Waals surface area contributed by atoms with Crippen molar-refractivity contribution in [1.29, 1.82) is 0 Å². The molecule has 0 spiro atoms. The van der Waals surface area contributed by atoms with Crippen LogP contribution in [0.5, 0.6) is 0 Å². The largest absolute Gasteiger partial charge is 0.456 e. The third-order valence-electron chi connectivity index (χ3n) is 6.89. The van der Waals surface area contributed by atoms with Gasteiger partial charge in [-0.3, -0.25) is 28.8 Å². The van der Waals surface area contributed by atoms with Crippen LogP contribution in [0.3, 0.4) is 0 Å². The fourth-order valence-electron chi connectivity index (χ4n) is 5.27. The molecule has 0 amide bonds. The summed E-state index contributed by atoms with van der Waals surface area (Å²) >= 11 is 5.39. The molecule has 0 bridgehead atoms. The average molecular weight is 709 g/mol. The van der Waals surface area contributed by atoms with E-state index in [1.54, 1.807) is 0 Å². The summed E-state index contributed by atoms with van der Waals surface area (Å²) in [6.45, 7) is 7.33. The van der Waals surface area contributed by atoms with Gasteiger partial charge in [-0.05, 0) is 25.1 Å². The fourth-order valence-corrected chi connectivity index (χ4v) is 5.48. The molecule has 19 heteroatoms. The molecule has 0 aromatic rings. The standard InChI is InChI=1S/C29H44N2O16S/c1-13(32)40-21-19(46-27(38-7)25(44-17(5)36)23(21)42-15(3)34)9-11-30-29(48)31-12-10-20-22(41-14(2)33)24(43-16(4)35)26(45-18(6)37)28(39-8)47-20/h19-28H,9-12H2,1-8H3,(H2,30,31,48)/t19-,20-,21-,22-,23+,24+,25-,26-,27+,28+/m1/s1. The Labute approximate surface area is 283 Å². The van der Waals surface area contributed by atoms with Gasteiger partial charge in [0.1, 0.15) is 12.2 Å². The van der Waals surface area contributed by atoms with Gasteiger partial charge < -0.3 is 58.0 Å². The van der Waals surface area contributed by atoms with Gasteiger partial charge in [0.2, 0.25) is 0 Å². The Bertz CT molecular complexity index is 1080. The Balaban J connectivity index is 2.08. The maximum Gasteiger partial charge on any atom is 0.303 e. The smallest absolute Gasteiger partial charge is 0.303 e. The highest BCUT2D eigenvalue weighted by Gasteiger charge is 2.53. The van der Waals surface area contributed by atoms with Gasteiger partial charge in [-0.2, -0.15) is 0 Å². The lowest BCUT2D eigenvalue weighted by Crippen LogP contribution is -2.62. The molecule has 0 radical (unpaired) electrons. The highest BCUT2D eigenvalue weighted by Crippen LogP contribution is 2.32. The van der Waals surface area contributed by atoms with Crippen LogP contribution in [0.4, 0.5) is 0 Å². The van der Waals surface area contributed by atoms with E-state index >= 15 is 0 Å². The minimum atomic E-state index is -1.23. The van der Waals surface area contributed by atoms with Crippen molar-refractivity contribution in [3.05, 3.63) is 0 Å². The summed E-state index contributed by atoms with van der Waals surface area (Å²) in [6, 6.07) is 0. The normalized spacial score (nSPS) is 29.8. The van der Waals surface area contributed by atoms with E-state index < -0.39 is 97.2 Å². The third-order valence-corrected chi connectivity index (χ3v) is 7.18. The number of ether oxygens (including phenoxy) is 10. The maximum absolute atomic E-state index is 12.0. The number of carbonyl (C=O) groups is 6. The van der Waals surface area contributed by atoms with Gasteiger partial charge in [-0.25, -0.2) is 0 Å². The van der Waals surface area contributed by atoms with E-state index in [0.717, 1.165) is 27.7 Å². The van der Waals surface area contributed by atoms with Gasteiger partial charge in [0.25, 0.3) is 0 Å². The zero-order chi connectivity index (χ0) is 36.1. The molecule has 18 nitrogen and oxygen atoms in total. The number of thiocarbonyl (C=S) groups is 1. The van der Waals surface area contributed by atoms with Gasteiger partial charge in [-0.1, -0.05) is 0 Å². The second kappa shape index (κ2) is 19.4. The molecular formula is C29H44N2O16S. The number of rotatable bonds is 14. The van der Waals surface area contributed by atoms with E-state index in [4.69, 9.17) is 59.6 Å². The first-order chi connectivity index (χ1) is 22.6. The Morgan fingerprint density at radius 1 is 0.500 bits per heavy atom. The first-order valence-corrected chi connectivity index (χ1v) is 15.4. The van der Waals surface area contributed by atoms with Crippen molar-refractivity contribution < 1.29 is 76.1 Å². The first kappa shape index (κ1) is 40.5. The predicted molar refractivity (Wildman–Crippen MR) is 163 cm³/mol. The number of nitrogens with one attached hydrogen (secondary N) is 2. The van der Waals surface area contributed by atoms with E-state index in [1.165, 1.54) is 28.1 Å². The van der Waals surface area contributed by atoms with Gasteiger partial charge in [0.05, 0.1) is 0 Å². The SMILES string of the molecule is CO[C@H]1O[C@H](CCNC(=S)NCC[C@H]2O[C@H](OC)[C@H](OC(C)=O)[C@@H](OC(C)=O)[C@@H]2OC(C)=O)[C@@H](OC(C)=O)[C@H](OC(C)=O)[C@H]1OC(C)=O. The molecule has 2 aliphatic rings. The molecule has 272 valence electrons. The van der Waals surface area contributed by atoms with E-state index in [1.807, 2.05) is 0 Å². The molecule has 0 aromatic carbocycles. The first-order valence-electron chi connectivity index (χ1n) is 15.0. The minimum absolute atomic E-state index is 0.168. The van der Waals surface area contributed by atoms with Crippen LogP contribution in [0, 0.1) is 0 Å². The molecule has 2 N–H and O–H groups in total. The number of esters is 6. The maximum atomic E-state index is 12.0. The van der Waals surface area contributed by atoms with Crippen LogP contribution < -0.4 is 10.6 Å². The zero-order valence-corrected chi connectivity index (χ0v) is 28.9. The summed E-state index contributed by atoms with van der Waals surface area (Å²) in [5, 5.41) is 6.18. The van der Waals surface area contributed by atoms with Crippen molar-refractivity contribution in [2.45, 2.75) is 116 Å². The lowest BCUT2D eigenvalue weighted by Gasteiger charge is -2.44. The molecule has 0 saturated carbocycles. The van der Waals surface area contributed by atoms with Crippen LogP contribution in [0.2, 0.25) is 0 Å². The van der Waals surface area contributed by atoms with Gasteiger partial charge >= 0.3 is 35.8 Å². The molecule has 0 aliphatic carbocycles. The van der Waals surface area contributed by atoms with E-state index in [0.29, 0.717) is 0 Å². The number of methoxy groups -OCH3 is 2. The van der Waals surface area contributed by atoms with Crippen LogP contribution in [-0.2, 0) is 76.1 Å². The zero-order valence-electron chi connectivity index (χ0n) is 28.0. The van der Waals surface area contributed by atoms with Crippen molar-refractivity contribution >= 4 is 53.1 Å². The molecule has 2 saturated heterocycles. The topological polar surface area (TPSA) is 219 Å². The van der Waals surface area contributed by atoms with Gasteiger partial charge in [0, 0.05) is 68.9 Å². The molecule has 0 unspecified atom stereocenters. The lowest BCUT2D eigenvalue weighted by atomic mass is 9.95. The third kappa shape index (κ3) is 12.4. The van der Waals surface area contributed by atoms with E-state index in [2.05, 4.69) is 10.6 Å². The van der Waals surface area contributed by atoms with Crippen LogP contribution in [0.1, 0.15) is 54.4 Å².